The van der Waals surface area contributed by atoms with E-state index in [4.69, 9.17) is 9.47 Å². The number of benzene rings is 1. The molecule has 0 bridgehead atoms. The minimum absolute atomic E-state index is 0.0264. The predicted octanol–water partition coefficient (Wildman–Crippen LogP) is 3.98. The van der Waals surface area contributed by atoms with Crippen molar-refractivity contribution in [2.75, 3.05) is 6.61 Å². The molecule has 0 N–H and O–H groups in total. The maximum absolute atomic E-state index is 12.0. The van der Waals surface area contributed by atoms with Gasteiger partial charge in [0.05, 0.1) is 19.3 Å². The molecule has 0 radical (unpaired) electrons. The molecule has 0 saturated heterocycles. The monoisotopic (exact) mass is 390 g/mol. The summed E-state index contributed by atoms with van der Waals surface area (Å²) in [5.74, 6) is -0.117. The summed E-state index contributed by atoms with van der Waals surface area (Å²) in [7, 11) is 0. The van der Waals surface area contributed by atoms with Gasteiger partial charge in [-0.3, -0.25) is 4.79 Å². The first-order valence-corrected chi connectivity index (χ1v) is 7.99. The highest BCUT2D eigenvalue weighted by Crippen LogP contribution is 2.33. The molecule has 0 aliphatic rings. The van der Waals surface area contributed by atoms with E-state index in [1.807, 2.05) is 58.0 Å². The second-order valence-corrected chi connectivity index (χ2v) is 7.33. The molecule has 112 valence electrons. The maximum atomic E-state index is 12.0. The molecule has 0 aliphatic carbocycles. The summed E-state index contributed by atoms with van der Waals surface area (Å²) in [5, 5.41) is 0. The summed E-state index contributed by atoms with van der Waals surface area (Å²) in [6.45, 7) is 8.72. The van der Waals surface area contributed by atoms with Gasteiger partial charge in [-0.1, -0.05) is 59.8 Å². The average Bonchev–Trinajstić information content (AvgIpc) is 2.45. The van der Waals surface area contributed by atoms with Gasteiger partial charge in [0.25, 0.3) is 0 Å². The zero-order chi connectivity index (χ0) is 15.2. The van der Waals surface area contributed by atoms with Crippen molar-refractivity contribution in [1.82, 2.24) is 0 Å². The molecule has 0 aliphatic heterocycles. The zero-order valence-corrected chi connectivity index (χ0v) is 14.7. The Bertz CT molecular complexity index is 417. The van der Waals surface area contributed by atoms with Crippen LogP contribution in [0.25, 0.3) is 0 Å². The number of halogens is 1. The van der Waals surface area contributed by atoms with Gasteiger partial charge in [0.1, 0.15) is 3.42 Å². The SMILES string of the molecule is CCOC(=O)C(C)(I)[C@H](C)[C@H](C)OCc1ccccc1. The Labute approximate surface area is 135 Å². The summed E-state index contributed by atoms with van der Waals surface area (Å²) in [6, 6.07) is 10.0. The molecule has 0 saturated carbocycles. The van der Waals surface area contributed by atoms with Gasteiger partial charge in [0.2, 0.25) is 0 Å². The van der Waals surface area contributed by atoms with Crippen LogP contribution in [-0.2, 0) is 20.9 Å². The standard InChI is InChI=1S/C16H23IO3/c1-5-19-15(18)16(4,17)12(2)13(3)20-11-14-9-7-6-8-10-14/h6-10,12-13H,5,11H2,1-4H3/t12-,13+,16?/m1/s1. The minimum Gasteiger partial charge on any atom is -0.465 e. The van der Waals surface area contributed by atoms with Gasteiger partial charge in [-0.25, -0.2) is 0 Å². The normalized spacial score (nSPS) is 17.1. The van der Waals surface area contributed by atoms with Gasteiger partial charge < -0.3 is 9.47 Å². The smallest absolute Gasteiger partial charge is 0.322 e. The van der Waals surface area contributed by atoms with E-state index in [9.17, 15) is 4.79 Å². The van der Waals surface area contributed by atoms with E-state index in [2.05, 4.69) is 22.6 Å². The zero-order valence-electron chi connectivity index (χ0n) is 12.6. The van der Waals surface area contributed by atoms with Crippen molar-refractivity contribution in [3.8, 4) is 0 Å². The third-order valence-electron chi connectivity index (χ3n) is 3.59. The van der Waals surface area contributed by atoms with Crippen molar-refractivity contribution in [3.63, 3.8) is 0 Å². The molecule has 0 fully saturated rings. The lowest BCUT2D eigenvalue weighted by Crippen LogP contribution is -2.42. The Kier molecular flexibility index (Phi) is 6.95. The molecule has 3 nitrogen and oxygen atoms in total. The summed E-state index contributed by atoms with van der Waals surface area (Å²) in [4.78, 5) is 12.0. The number of hydrogen-bond acceptors (Lipinski definition) is 3. The van der Waals surface area contributed by atoms with Crippen molar-refractivity contribution < 1.29 is 14.3 Å². The average molecular weight is 390 g/mol. The van der Waals surface area contributed by atoms with Crippen LogP contribution in [-0.4, -0.2) is 22.1 Å². The Hall–Kier alpha value is -0.620. The van der Waals surface area contributed by atoms with Gasteiger partial charge in [-0.2, -0.15) is 0 Å². The molecular formula is C16H23IO3. The number of alkyl halides is 1. The molecular weight excluding hydrogens is 367 g/mol. The lowest BCUT2D eigenvalue weighted by Gasteiger charge is -2.32. The quantitative estimate of drug-likeness (QED) is 0.401. The fraction of sp³-hybridized carbons (Fsp3) is 0.562. The van der Waals surface area contributed by atoms with E-state index in [1.165, 1.54) is 0 Å². The first-order valence-electron chi connectivity index (χ1n) is 6.91. The highest BCUT2D eigenvalue weighted by Gasteiger charge is 2.40. The van der Waals surface area contributed by atoms with Crippen molar-refractivity contribution in [3.05, 3.63) is 35.9 Å². The number of carbonyl (C=O) groups is 1. The Balaban J connectivity index is 2.57. The molecule has 0 heterocycles. The lowest BCUT2D eigenvalue weighted by molar-refractivity contribution is -0.148. The second-order valence-electron chi connectivity index (χ2n) is 5.09. The van der Waals surface area contributed by atoms with E-state index >= 15 is 0 Å². The van der Waals surface area contributed by atoms with Gasteiger partial charge in [-0.05, 0) is 26.3 Å². The molecule has 3 atom stereocenters. The summed E-state index contributed by atoms with van der Waals surface area (Å²) < 4.78 is 10.5. The first kappa shape index (κ1) is 17.4. The number of rotatable bonds is 7. The molecule has 1 unspecified atom stereocenters. The minimum atomic E-state index is -0.579. The molecule has 1 aromatic rings. The molecule has 20 heavy (non-hydrogen) atoms. The maximum Gasteiger partial charge on any atom is 0.322 e. The number of hydrogen-bond donors (Lipinski definition) is 0. The van der Waals surface area contributed by atoms with Crippen molar-refractivity contribution in [2.45, 2.75) is 43.8 Å². The van der Waals surface area contributed by atoms with Crippen molar-refractivity contribution in [2.24, 2.45) is 5.92 Å². The third kappa shape index (κ3) is 4.74. The van der Waals surface area contributed by atoms with Crippen LogP contribution in [0.4, 0.5) is 0 Å². The van der Waals surface area contributed by atoms with Crippen LogP contribution >= 0.6 is 22.6 Å². The molecule has 1 rings (SSSR count). The Morgan fingerprint density at radius 2 is 1.90 bits per heavy atom. The summed E-state index contributed by atoms with van der Waals surface area (Å²) in [5.41, 5.74) is 1.14. The first-order chi connectivity index (χ1) is 9.39. The van der Waals surface area contributed by atoms with Gasteiger partial charge in [0.15, 0.2) is 0 Å². The molecule has 0 amide bonds. The molecule has 0 aromatic heterocycles. The van der Waals surface area contributed by atoms with E-state index in [0.717, 1.165) is 5.56 Å². The Morgan fingerprint density at radius 3 is 2.45 bits per heavy atom. The second kappa shape index (κ2) is 7.98. The van der Waals surface area contributed by atoms with Crippen LogP contribution in [0.1, 0.15) is 33.3 Å². The van der Waals surface area contributed by atoms with E-state index in [0.29, 0.717) is 13.2 Å². The van der Waals surface area contributed by atoms with Crippen molar-refractivity contribution in [1.29, 1.82) is 0 Å². The highest BCUT2D eigenvalue weighted by molar-refractivity contribution is 14.1. The number of ether oxygens (including phenoxy) is 2. The van der Waals surface area contributed by atoms with Gasteiger partial charge in [0, 0.05) is 5.92 Å². The van der Waals surface area contributed by atoms with Crippen LogP contribution in [0, 0.1) is 5.92 Å². The van der Waals surface area contributed by atoms with Crippen LogP contribution in [0.5, 0.6) is 0 Å². The highest BCUT2D eigenvalue weighted by atomic mass is 127. The lowest BCUT2D eigenvalue weighted by atomic mass is 9.91. The van der Waals surface area contributed by atoms with Crippen LogP contribution in [0.2, 0.25) is 0 Å². The van der Waals surface area contributed by atoms with Gasteiger partial charge >= 0.3 is 5.97 Å². The summed E-state index contributed by atoms with van der Waals surface area (Å²) in [6.07, 6.45) is -0.0264. The predicted molar refractivity (Wildman–Crippen MR) is 88.9 cm³/mol. The van der Waals surface area contributed by atoms with Crippen molar-refractivity contribution >= 4 is 28.6 Å². The van der Waals surface area contributed by atoms with E-state index < -0.39 is 3.42 Å². The van der Waals surface area contributed by atoms with Gasteiger partial charge in [-0.15, -0.1) is 0 Å². The largest absolute Gasteiger partial charge is 0.465 e. The topological polar surface area (TPSA) is 35.5 Å². The van der Waals surface area contributed by atoms with Crippen LogP contribution < -0.4 is 0 Å². The third-order valence-corrected chi connectivity index (χ3v) is 5.01. The fourth-order valence-electron chi connectivity index (χ4n) is 1.85. The summed E-state index contributed by atoms with van der Waals surface area (Å²) >= 11 is 2.17. The van der Waals surface area contributed by atoms with E-state index in [-0.39, 0.29) is 18.0 Å². The number of esters is 1. The van der Waals surface area contributed by atoms with Crippen LogP contribution in [0.3, 0.4) is 0 Å². The Morgan fingerprint density at radius 1 is 1.30 bits per heavy atom. The number of carbonyl (C=O) groups excluding carboxylic acids is 1. The molecule has 4 heteroatoms. The van der Waals surface area contributed by atoms with E-state index in [1.54, 1.807) is 0 Å². The fourth-order valence-corrected chi connectivity index (χ4v) is 2.51. The molecule has 0 spiro atoms. The molecule has 1 aromatic carbocycles. The van der Waals surface area contributed by atoms with Crippen LogP contribution in [0.15, 0.2) is 30.3 Å².